The lowest BCUT2D eigenvalue weighted by atomic mass is 10.2. The number of rotatable bonds is 6. The van der Waals surface area contributed by atoms with Gasteiger partial charge in [-0.05, 0) is 57.2 Å². The molecule has 5 heteroatoms. The molecule has 0 aromatic heterocycles. The molecule has 4 nitrogen and oxygen atoms in total. The van der Waals surface area contributed by atoms with Crippen LogP contribution in [0.15, 0.2) is 93.5 Å². The Morgan fingerprint density at radius 2 is 1.45 bits per heavy atom. The SMILES string of the molecule is CC(C)(C)OC(=O)COc1ccc(O)c([S+](c2ccccc2)c2ccccc2)c1. The first kappa shape index (κ1) is 20.8. The molecule has 3 rings (SSSR count). The number of esters is 1. The van der Waals surface area contributed by atoms with Gasteiger partial charge in [0.1, 0.15) is 22.2 Å². The molecule has 0 saturated carbocycles. The summed E-state index contributed by atoms with van der Waals surface area (Å²) in [6.07, 6.45) is 0. The van der Waals surface area contributed by atoms with Crippen molar-refractivity contribution in [3.05, 3.63) is 78.9 Å². The molecule has 0 saturated heterocycles. The van der Waals surface area contributed by atoms with Crippen LogP contribution in [0.5, 0.6) is 11.5 Å². The summed E-state index contributed by atoms with van der Waals surface area (Å²) in [5.41, 5.74) is -0.562. The van der Waals surface area contributed by atoms with Crippen molar-refractivity contribution in [3.63, 3.8) is 0 Å². The van der Waals surface area contributed by atoms with Crippen LogP contribution < -0.4 is 4.74 Å². The van der Waals surface area contributed by atoms with Crippen molar-refractivity contribution in [2.75, 3.05) is 6.61 Å². The van der Waals surface area contributed by atoms with E-state index in [1.165, 1.54) is 0 Å². The third kappa shape index (κ3) is 5.78. The van der Waals surface area contributed by atoms with Crippen LogP contribution in [-0.2, 0) is 20.4 Å². The van der Waals surface area contributed by atoms with Crippen molar-refractivity contribution < 1.29 is 19.4 Å². The van der Waals surface area contributed by atoms with E-state index in [9.17, 15) is 9.90 Å². The third-order valence-corrected chi connectivity index (χ3v) is 6.14. The maximum absolute atomic E-state index is 12.0. The second kappa shape index (κ2) is 9.05. The molecule has 0 atom stereocenters. The topological polar surface area (TPSA) is 55.8 Å². The van der Waals surface area contributed by atoms with Crippen molar-refractivity contribution in [2.24, 2.45) is 0 Å². The lowest BCUT2D eigenvalue weighted by molar-refractivity contribution is -0.157. The molecule has 0 unspecified atom stereocenters. The average molecular weight is 410 g/mol. The fourth-order valence-electron chi connectivity index (χ4n) is 2.76. The largest absolute Gasteiger partial charge is 0.503 e. The Bertz CT molecular complexity index is 910. The van der Waals surface area contributed by atoms with Crippen LogP contribution in [0.2, 0.25) is 0 Å². The van der Waals surface area contributed by atoms with Gasteiger partial charge in [-0.3, -0.25) is 0 Å². The van der Waals surface area contributed by atoms with Gasteiger partial charge in [-0.1, -0.05) is 36.4 Å². The molecular weight excluding hydrogens is 384 g/mol. The van der Waals surface area contributed by atoms with E-state index >= 15 is 0 Å². The summed E-state index contributed by atoms with van der Waals surface area (Å²) < 4.78 is 10.9. The first-order valence-electron chi connectivity index (χ1n) is 9.35. The minimum Gasteiger partial charge on any atom is -0.503 e. The first-order chi connectivity index (χ1) is 13.8. The van der Waals surface area contributed by atoms with E-state index in [-0.39, 0.29) is 12.4 Å². The number of ether oxygens (including phenoxy) is 2. The van der Waals surface area contributed by atoms with E-state index in [1.807, 2.05) is 81.4 Å². The maximum atomic E-state index is 12.0. The predicted octanol–water partition coefficient (Wildman–Crippen LogP) is 5.21. The number of phenols is 1. The second-order valence-corrected chi connectivity index (χ2v) is 9.43. The molecule has 3 aromatic rings. The van der Waals surface area contributed by atoms with Gasteiger partial charge in [-0.25, -0.2) is 4.79 Å². The molecule has 3 aromatic carbocycles. The minimum absolute atomic E-state index is 0.186. The number of aromatic hydroxyl groups is 1. The molecule has 0 spiro atoms. The highest BCUT2D eigenvalue weighted by Crippen LogP contribution is 2.38. The summed E-state index contributed by atoms with van der Waals surface area (Å²) >= 11 is 0. The number of benzene rings is 3. The summed E-state index contributed by atoms with van der Waals surface area (Å²) in [4.78, 5) is 14.9. The Morgan fingerprint density at radius 1 is 0.897 bits per heavy atom. The zero-order chi connectivity index (χ0) is 20.9. The number of carbonyl (C=O) groups excluding carboxylic acids is 1. The standard InChI is InChI=1S/C24H24O4S/c1-24(2,3)28-23(26)17-27-18-14-15-21(25)22(16-18)29(19-10-6-4-7-11-19)20-12-8-5-9-13-20/h4-16H,17H2,1-3H3/p+1. The zero-order valence-corrected chi connectivity index (χ0v) is 17.6. The number of phenolic OH excluding ortho intramolecular Hbond substituents is 1. The monoisotopic (exact) mass is 409 g/mol. The quantitative estimate of drug-likeness (QED) is 0.449. The molecule has 29 heavy (non-hydrogen) atoms. The fraction of sp³-hybridized carbons (Fsp3) is 0.208. The van der Waals surface area contributed by atoms with Crippen molar-refractivity contribution in [1.29, 1.82) is 0 Å². The van der Waals surface area contributed by atoms with Crippen molar-refractivity contribution in [1.82, 2.24) is 0 Å². The van der Waals surface area contributed by atoms with Crippen LogP contribution in [0.1, 0.15) is 20.8 Å². The zero-order valence-electron chi connectivity index (χ0n) is 16.8. The van der Waals surface area contributed by atoms with Gasteiger partial charge in [-0.15, -0.1) is 0 Å². The molecular formula is C24H25O4S+. The molecule has 0 aliphatic carbocycles. The Balaban J connectivity index is 1.91. The third-order valence-electron chi connectivity index (χ3n) is 3.89. The average Bonchev–Trinajstić information content (AvgIpc) is 2.69. The highest BCUT2D eigenvalue weighted by molar-refractivity contribution is 7.97. The predicted molar refractivity (Wildman–Crippen MR) is 114 cm³/mol. The summed E-state index contributed by atoms with van der Waals surface area (Å²) in [5, 5.41) is 10.6. The van der Waals surface area contributed by atoms with E-state index in [1.54, 1.807) is 18.2 Å². The van der Waals surface area contributed by atoms with Gasteiger partial charge in [0, 0.05) is 6.07 Å². The van der Waals surface area contributed by atoms with Gasteiger partial charge < -0.3 is 14.6 Å². The number of carbonyl (C=O) groups is 1. The molecule has 0 heterocycles. The van der Waals surface area contributed by atoms with Crippen LogP contribution in [0.4, 0.5) is 0 Å². The van der Waals surface area contributed by atoms with E-state index in [2.05, 4.69) is 0 Å². The van der Waals surface area contributed by atoms with Crippen LogP contribution >= 0.6 is 0 Å². The Kier molecular flexibility index (Phi) is 6.49. The lowest BCUT2D eigenvalue weighted by Crippen LogP contribution is -2.27. The molecule has 0 aliphatic rings. The molecule has 0 amide bonds. The smallest absolute Gasteiger partial charge is 0.344 e. The van der Waals surface area contributed by atoms with Gasteiger partial charge in [0.2, 0.25) is 4.90 Å². The van der Waals surface area contributed by atoms with E-state index < -0.39 is 22.5 Å². The number of hydrogen-bond acceptors (Lipinski definition) is 4. The summed E-state index contributed by atoms with van der Waals surface area (Å²) in [6.45, 7) is 5.25. The van der Waals surface area contributed by atoms with Gasteiger partial charge in [0.05, 0.1) is 0 Å². The van der Waals surface area contributed by atoms with Crippen LogP contribution in [0.25, 0.3) is 0 Å². The minimum atomic E-state index is -0.562. The first-order valence-corrected chi connectivity index (χ1v) is 10.6. The summed E-state index contributed by atoms with van der Waals surface area (Å²) in [6, 6.07) is 25.1. The highest BCUT2D eigenvalue weighted by atomic mass is 32.2. The lowest BCUT2D eigenvalue weighted by Gasteiger charge is -2.19. The maximum Gasteiger partial charge on any atom is 0.344 e. The van der Waals surface area contributed by atoms with Gasteiger partial charge in [0.15, 0.2) is 22.1 Å². The van der Waals surface area contributed by atoms with Crippen molar-refractivity contribution in [2.45, 2.75) is 41.1 Å². The van der Waals surface area contributed by atoms with Crippen LogP contribution in [-0.4, -0.2) is 23.3 Å². The normalized spacial score (nSPS) is 11.3. The molecule has 0 radical (unpaired) electrons. The molecule has 0 fully saturated rings. The molecule has 0 aliphatic heterocycles. The van der Waals surface area contributed by atoms with Crippen molar-refractivity contribution >= 4 is 16.9 Å². The van der Waals surface area contributed by atoms with Crippen LogP contribution in [0.3, 0.4) is 0 Å². The van der Waals surface area contributed by atoms with E-state index in [4.69, 9.17) is 9.47 Å². The van der Waals surface area contributed by atoms with Gasteiger partial charge in [-0.2, -0.15) is 0 Å². The Morgan fingerprint density at radius 3 is 1.97 bits per heavy atom. The van der Waals surface area contributed by atoms with Crippen molar-refractivity contribution in [3.8, 4) is 11.5 Å². The van der Waals surface area contributed by atoms with Gasteiger partial charge >= 0.3 is 5.97 Å². The van der Waals surface area contributed by atoms with Gasteiger partial charge in [0.25, 0.3) is 0 Å². The number of hydrogen-bond donors (Lipinski definition) is 1. The molecule has 150 valence electrons. The molecule has 1 N–H and O–H groups in total. The fourth-order valence-corrected chi connectivity index (χ4v) is 4.91. The van der Waals surface area contributed by atoms with Crippen LogP contribution in [0, 0.1) is 0 Å². The Hall–Kier alpha value is -2.92. The second-order valence-electron chi connectivity index (χ2n) is 7.44. The van der Waals surface area contributed by atoms with E-state index in [0.29, 0.717) is 5.75 Å². The van der Waals surface area contributed by atoms with E-state index in [0.717, 1.165) is 14.7 Å². The summed E-state index contributed by atoms with van der Waals surface area (Å²) in [7, 11) is -0.513. The molecule has 0 bridgehead atoms. The summed E-state index contributed by atoms with van der Waals surface area (Å²) in [5.74, 6) is 0.260. The Labute approximate surface area is 174 Å². The highest BCUT2D eigenvalue weighted by Gasteiger charge is 2.32.